The van der Waals surface area contributed by atoms with E-state index < -0.39 is 0 Å². The lowest BCUT2D eigenvalue weighted by Gasteiger charge is -2.12. The van der Waals surface area contributed by atoms with Gasteiger partial charge in [0.25, 0.3) is 0 Å². The van der Waals surface area contributed by atoms with Crippen LogP contribution in [0.25, 0.3) is 16.7 Å². The van der Waals surface area contributed by atoms with E-state index in [1.165, 1.54) is 0 Å². The Labute approximate surface area is 150 Å². The van der Waals surface area contributed by atoms with Gasteiger partial charge in [-0.1, -0.05) is 29.5 Å². The summed E-state index contributed by atoms with van der Waals surface area (Å²) in [6, 6.07) is 17.2. The molecule has 0 aliphatic carbocycles. The van der Waals surface area contributed by atoms with Crippen LogP contribution in [0.5, 0.6) is 0 Å². The number of hydrogen-bond acceptors (Lipinski definition) is 4. The molecule has 0 aliphatic rings. The minimum Gasteiger partial charge on any atom is -0.323 e. The molecule has 4 rings (SSSR count). The molecule has 7 nitrogen and oxygen atoms in total. The van der Waals surface area contributed by atoms with Gasteiger partial charge >= 0.3 is 0 Å². The molecule has 2 heterocycles. The Balaban J connectivity index is 1.60. The number of nitrogens with zero attached hydrogens (tertiary/aromatic N) is 5. The van der Waals surface area contributed by atoms with E-state index in [2.05, 4.69) is 20.7 Å². The van der Waals surface area contributed by atoms with E-state index >= 15 is 0 Å². The van der Waals surface area contributed by atoms with Gasteiger partial charge in [-0.3, -0.25) is 4.79 Å². The lowest BCUT2D eigenvalue weighted by molar-refractivity contribution is -0.116. The van der Waals surface area contributed by atoms with Gasteiger partial charge in [-0.25, -0.2) is 9.36 Å². The summed E-state index contributed by atoms with van der Waals surface area (Å²) in [7, 11) is 0. The molecule has 1 N–H and O–H groups in total. The number of carbonyl (C=O) groups excluding carboxylic acids is 1. The molecule has 0 saturated carbocycles. The van der Waals surface area contributed by atoms with Crippen LogP contribution in [0.4, 0.5) is 5.69 Å². The second kappa shape index (κ2) is 6.44. The van der Waals surface area contributed by atoms with Crippen molar-refractivity contribution in [2.45, 2.75) is 20.4 Å². The highest BCUT2D eigenvalue weighted by atomic mass is 16.2. The topological polar surface area (TPSA) is 77.6 Å². The number of aryl methyl sites for hydroxylation is 2. The number of aromatic nitrogens is 5. The monoisotopic (exact) mass is 346 g/mol. The van der Waals surface area contributed by atoms with Crippen LogP contribution in [0.2, 0.25) is 0 Å². The molecule has 26 heavy (non-hydrogen) atoms. The Morgan fingerprint density at radius 1 is 1.08 bits per heavy atom. The molecule has 0 saturated heterocycles. The van der Waals surface area contributed by atoms with Gasteiger partial charge < -0.3 is 5.32 Å². The zero-order chi connectivity index (χ0) is 18.1. The van der Waals surface area contributed by atoms with Crippen molar-refractivity contribution >= 4 is 22.6 Å². The van der Waals surface area contributed by atoms with Crippen molar-refractivity contribution in [1.29, 1.82) is 0 Å². The highest BCUT2D eigenvalue weighted by Gasteiger charge is 2.13. The fraction of sp³-hybridized carbons (Fsp3) is 0.158. The van der Waals surface area contributed by atoms with Gasteiger partial charge in [-0.05, 0) is 44.2 Å². The molecule has 2 aromatic heterocycles. The largest absolute Gasteiger partial charge is 0.323 e. The first-order valence-corrected chi connectivity index (χ1v) is 8.32. The maximum atomic E-state index is 12.6. The maximum Gasteiger partial charge on any atom is 0.246 e. The van der Waals surface area contributed by atoms with Crippen LogP contribution >= 0.6 is 0 Å². The molecular weight excluding hydrogens is 328 g/mol. The van der Waals surface area contributed by atoms with Crippen molar-refractivity contribution in [3.63, 3.8) is 0 Å². The second-order valence-corrected chi connectivity index (χ2v) is 6.14. The molecule has 0 spiro atoms. The first-order chi connectivity index (χ1) is 12.6. The third kappa shape index (κ3) is 2.95. The van der Waals surface area contributed by atoms with Gasteiger partial charge in [0.05, 0.1) is 22.6 Å². The lowest BCUT2D eigenvalue weighted by atomic mass is 10.2. The number of fused-ring (bicyclic) bond motifs is 1. The van der Waals surface area contributed by atoms with Crippen LogP contribution in [0.1, 0.15) is 11.4 Å². The molecule has 130 valence electrons. The summed E-state index contributed by atoms with van der Waals surface area (Å²) in [5, 5.41) is 15.6. The molecule has 0 fully saturated rings. The van der Waals surface area contributed by atoms with Crippen LogP contribution < -0.4 is 5.32 Å². The number of anilines is 1. The van der Waals surface area contributed by atoms with E-state index in [-0.39, 0.29) is 12.5 Å². The van der Waals surface area contributed by atoms with Gasteiger partial charge in [0.1, 0.15) is 12.1 Å². The quantitative estimate of drug-likeness (QED) is 0.616. The molecule has 0 radical (unpaired) electrons. The summed E-state index contributed by atoms with van der Waals surface area (Å²) in [4.78, 5) is 12.6. The smallest absolute Gasteiger partial charge is 0.246 e. The van der Waals surface area contributed by atoms with Gasteiger partial charge in [-0.15, -0.1) is 5.10 Å². The van der Waals surface area contributed by atoms with Gasteiger partial charge in [0.2, 0.25) is 5.91 Å². The van der Waals surface area contributed by atoms with E-state index in [1.807, 2.05) is 73.1 Å². The molecule has 0 aliphatic heterocycles. The molecule has 0 bridgehead atoms. The summed E-state index contributed by atoms with van der Waals surface area (Å²) in [5.41, 5.74) is 5.06. The number of amides is 1. The summed E-state index contributed by atoms with van der Waals surface area (Å²) >= 11 is 0. The molecule has 0 atom stereocenters. The minimum atomic E-state index is -0.172. The summed E-state index contributed by atoms with van der Waals surface area (Å²) in [5.74, 6) is -0.172. The van der Waals surface area contributed by atoms with Crippen LogP contribution in [-0.2, 0) is 11.3 Å². The Hall–Kier alpha value is -3.48. The van der Waals surface area contributed by atoms with Crippen molar-refractivity contribution in [3.05, 3.63) is 66.0 Å². The SMILES string of the molecule is Cc1cc(C)n(-c2ccccc2NC(=O)Cn2nnc3ccccc32)n1. The normalized spacial score (nSPS) is 11.0. The van der Waals surface area contributed by atoms with Crippen molar-refractivity contribution < 1.29 is 4.79 Å². The number of nitrogens with one attached hydrogen (secondary N) is 1. The minimum absolute atomic E-state index is 0.0893. The highest BCUT2D eigenvalue weighted by Crippen LogP contribution is 2.21. The Kier molecular flexibility index (Phi) is 3.96. The Morgan fingerprint density at radius 2 is 1.85 bits per heavy atom. The van der Waals surface area contributed by atoms with E-state index in [1.54, 1.807) is 4.68 Å². The van der Waals surface area contributed by atoms with Gasteiger partial charge in [0, 0.05) is 5.69 Å². The van der Waals surface area contributed by atoms with Crippen LogP contribution in [0.3, 0.4) is 0 Å². The standard InChI is InChI=1S/C19H18N6O/c1-13-11-14(2)25(22-13)18-10-6-3-7-15(18)20-19(26)12-24-17-9-5-4-8-16(17)21-23-24/h3-11H,12H2,1-2H3,(H,20,26). The Morgan fingerprint density at radius 3 is 2.65 bits per heavy atom. The zero-order valence-corrected chi connectivity index (χ0v) is 14.5. The molecule has 0 unspecified atom stereocenters. The summed E-state index contributed by atoms with van der Waals surface area (Å²) in [6.45, 7) is 4.02. The van der Waals surface area contributed by atoms with Gasteiger partial charge in [-0.2, -0.15) is 5.10 Å². The number of para-hydroxylation sites is 3. The fourth-order valence-corrected chi connectivity index (χ4v) is 3.00. The van der Waals surface area contributed by atoms with E-state index in [0.29, 0.717) is 5.69 Å². The van der Waals surface area contributed by atoms with E-state index in [4.69, 9.17) is 0 Å². The van der Waals surface area contributed by atoms with E-state index in [9.17, 15) is 4.79 Å². The van der Waals surface area contributed by atoms with Crippen molar-refractivity contribution in [2.24, 2.45) is 0 Å². The zero-order valence-electron chi connectivity index (χ0n) is 14.5. The van der Waals surface area contributed by atoms with E-state index in [0.717, 1.165) is 28.1 Å². The summed E-state index contributed by atoms with van der Waals surface area (Å²) < 4.78 is 3.42. The number of benzene rings is 2. The second-order valence-electron chi connectivity index (χ2n) is 6.14. The van der Waals surface area contributed by atoms with Crippen molar-refractivity contribution in [2.75, 3.05) is 5.32 Å². The Bertz CT molecular complexity index is 1090. The average Bonchev–Trinajstić information content (AvgIpc) is 3.18. The van der Waals surface area contributed by atoms with Crippen molar-refractivity contribution in [3.8, 4) is 5.69 Å². The molecule has 2 aromatic carbocycles. The van der Waals surface area contributed by atoms with Crippen LogP contribution in [-0.4, -0.2) is 30.7 Å². The molecular formula is C19H18N6O. The third-order valence-corrected chi connectivity index (χ3v) is 4.13. The first-order valence-electron chi connectivity index (χ1n) is 8.32. The summed E-state index contributed by atoms with van der Waals surface area (Å²) in [6.07, 6.45) is 0. The molecule has 7 heteroatoms. The predicted octanol–water partition coefficient (Wildman–Crippen LogP) is 2.87. The lowest BCUT2D eigenvalue weighted by Crippen LogP contribution is -2.20. The average molecular weight is 346 g/mol. The number of carbonyl (C=O) groups is 1. The fourth-order valence-electron chi connectivity index (χ4n) is 3.00. The molecule has 1 amide bonds. The first kappa shape index (κ1) is 16.0. The van der Waals surface area contributed by atoms with Crippen molar-refractivity contribution in [1.82, 2.24) is 24.8 Å². The molecule has 4 aromatic rings. The number of rotatable bonds is 4. The number of hydrogen-bond donors (Lipinski definition) is 1. The van der Waals surface area contributed by atoms with Gasteiger partial charge in [0.15, 0.2) is 0 Å². The van der Waals surface area contributed by atoms with Crippen LogP contribution in [0, 0.1) is 13.8 Å². The third-order valence-electron chi connectivity index (χ3n) is 4.13. The predicted molar refractivity (Wildman–Crippen MR) is 99.2 cm³/mol. The maximum absolute atomic E-state index is 12.6. The van der Waals surface area contributed by atoms with Crippen LogP contribution in [0.15, 0.2) is 54.6 Å². The highest BCUT2D eigenvalue weighted by molar-refractivity contribution is 5.93.